The van der Waals surface area contributed by atoms with Crippen molar-refractivity contribution in [1.82, 2.24) is 10.3 Å². The van der Waals surface area contributed by atoms with Crippen LogP contribution in [0.5, 0.6) is 0 Å². The van der Waals surface area contributed by atoms with Crippen molar-refractivity contribution in [3.05, 3.63) is 89.7 Å². The molecule has 0 saturated heterocycles. The van der Waals surface area contributed by atoms with E-state index in [1.54, 1.807) is 48.5 Å². The smallest absolute Gasteiger partial charge is 0.336 e. The van der Waals surface area contributed by atoms with E-state index in [-0.39, 0.29) is 17.5 Å². The Bertz CT molecular complexity index is 1100. The molecule has 0 aliphatic heterocycles. The van der Waals surface area contributed by atoms with Gasteiger partial charge in [0.15, 0.2) is 6.10 Å². The maximum Gasteiger partial charge on any atom is 0.336 e. The number of nitrogens with one attached hydrogen (secondary N) is 1. The monoisotopic (exact) mass is 420 g/mol. The number of aromatic carboxylic acids is 1. The minimum absolute atomic E-state index is 0.0603. The standard InChI is InChI=1S/C23H20N2O6/c26-20(23(30)31)19(10-14-6-2-1-3-7-14)25-21(27)16-11-15(12-24-13-16)17-8-4-5-9-18(17)22(28)29/h1-9,11-13,19-20,26H,10H2,(H,25,27)(H,28,29)(H,30,31)/t19-,20-/m1/s1. The van der Waals surface area contributed by atoms with E-state index in [2.05, 4.69) is 10.3 Å². The molecular weight excluding hydrogens is 400 g/mol. The molecule has 3 aromatic rings. The zero-order chi connectivity index (χ0) is 22.4. The van der Waals surface area contributed by atoms with Crippen LogP contribution < -0.4 is 5.32 Å². The lowest BCUT2D eigenvalue weighted by Crippen LogP contribution is -2.48. The molecule has 1 heterocycles. The number of nitrogens with zero attached hydrogens (tertiary/aromatic N) is 1. The Morgan fingerprint density at radius 1 is 0.935 bits per heavy atom. The van der Waals surface area contributed by atoms with Crippen molar-refractivity contribution in [2.24, 2.45) is 0 Å². The van der Waals surface area contributed by atoms with Gasteiger partial charge in [-0.1, -0.05) is 48.5 Å². The molecule has 0 unspecified atom stereocenters. The second-order valence-electron chi connectivity index (χ2n) is 6.87. The Morgan fingerprint density at radius 3 is 2.29 bits per heavy atom. The van der Waals surface area contributed by atoms with Gasteiger partial charge in [0.25, 0.3) is 5.91 Å². The number of hydrogen-bond donors (Lipinski definition) is 4. The molecule has 0 aliphatic rings. The minimum Gasteiger partial charge on any atom is -0.479 e. The minimum atomic E-state index is -1.81. The van der Waals surface area contributed by atoms with Crippen LogP contribution in [0.3, 0.4) is 0 Å². The number of pyridine rings is 1. The first-order chi connectivity index (χ1) is 14.9. The van der Waals surface area contributed by atoms with Crippen LogP contribution in [0.2, 0.25) is 0 Å². The number of aliphatic carboxylic acids is 1. The third kappa shape index (κ3) is 5.31. The molecule has 31 heavy (non-hydrogen) atoms. The number of amides is 1. The summed E-state index contributed by atoms with van der Waals surface area (Å²) in [6, 6.07) is 15.6. The molecule has 0 bridgehead atoms. The number of aliphatic hydroxyl groups excluding tert-OH is 1. The SMILES string of the molecule is O=C(N[C@H](Cc1ccccc1)[C@@H](O)C(=O)O)c1cncc(-c2ccccc2C(=O)O)c1. The highest BCUT2D eigenvalue weighted by Gasteiger charge is 2.28. The fourth-order valence-corrected chi connectivity index (χ4v) is 3.17. The molecule has 0 fully saturated rings. The average molecular weight is 420 g/mol. The Morgan fingerprint density at radius 2 is 1.61 bits per heavy atom. The number of carboxylic acids is 2. The molecular formula is C23H20N2O6. The normalized spacial score (nSPS) is 12.5. The van der Waals surface area contributed by atoms with E-state index in [1.807, 2.05) is 0 Å². The second kappa shape index (κ2) is 9.64. The highest BCUT2D eigenvalue weighted by Crippen LogP contribution is 2.24. The second-order valence-corrected chi connectivity index (χ2v) is 6.87. The van der Waals surface area contributed by atoms with Crippen molar-refractivity contribution in [1.29, 1.82) is 0 Å². The van der Waals surface area contributed by atoms with Crippen LogP contribution in [-0.4, -0.2) is 50.3 Å². The Balaban J connectivity index is 1.87. The molecule has 0 radical (unpaired) electrons. The molecule has 8 nitrogen and oxygen atoms in total. The summed E-state index contributed by atoms with van der Waals surface area (Å²) >= 11 is 0. The Hall–Kier alpha value is -4.04. The fourth-order valence-electron chi connectivity index (χ4n) is 3.17. The van der Waals surface area contributed by atoms with Gasteiger partial charge in [-0.15, -0.1) is 0 Å². The molecule has 3 rings (SSSR count). The number of carbonyl (C=O) groups excluding carboxylic acids is 1. The van der Waals surface area contributed by atoms with E-state index in [9.17, 15) is 29.7 Å². The predicted octanol–water partition coefficient (Wildman–Crippen LogP) is 2.23. The molecule has 1 aromatic heterocycles. The largest absolute Gasteiger partial charge is 0.479 e. The summed E-state index contributed by atoms with van der Waals surface area (Å²) in [6.45, 7) is 0. The summed E-state index contributed by atoms with van der Waals surface area (Å²) in [7, 11) is 0. The zero-order valence-electron chi connectivity index (χ0n) is 16.3. The highest BCUT2D eigenvalue weighted by molar-refractivity contribution is 5.98. The Labute approximate surface area is 177 Å². The van der Waals surface area contributed by atoms with Crippen molar-refractivity contribution >= 4 is 17.8 Å². The van der Waals surface area contributed by atoms with E-state index in [4.69, 9.17) is 0 Å². The first-order valence-electron chi connectivity index (χ1n) is 9.40. The van der Waals surface area contributed by atoms with Gasteiger partial charge in [-0.2, -0.15) is 0 Å². The van der Waals surface area contributed by atoms with Crippen LogP contribution in [0.4, 0.5) is 0 Å². The first-order valence-corrected chi connectivity index (χ1v) is 9.40. The third-order valence-corrected chi connectivity index (χ3v) is 4.72. The van der Waals surface area contributed by atoms with Gasteiger partial charge < -0.3 is 20.6 Å². The molecule has 158 valence electrons. The number of benzene rings is 2. The van der Waals surface area contributed by atoms with Gasteiger partial charge >= 0.3 is 11.9 Å². The third-order valence-electron chi connectivity index (χ3n) is 4.72. The van der Waals surface area contributed by atoms with Gasteiger partial charge in [0.2, 0.25) is 0 Å². The van der Waals surface area contributed by atoms with E-state index >= 15 is 0 Å². The van der Waals surface area contributed by atoms with Gasteiger partial charge in [-0.05, 0) is 29.7 Å². The number of rotatable bonds is 8. The summed E-state index contributed by atoms with van der Waals surface area (Å²) in [5, 5.41) is 31.2. The lowest BCUT2D eigenvalue weighted by Gasteiger charge is -2.22. The van der Waals surface area contributed by atoms with Gasteiger partial charge in [0.1, 0.15) is 0 Å². The highest BCUT2D eigenvalue weighted by atomic mass is 16.4. The van der Waals surface area contributed by atoms with Crippen LogP contribution in [0.25, 0.3) is 11.1 Å². The number of carbonyl (C=O) groups is 3. The molecule has 4 N–H and O–H groups in total. The summed E-state index contributed by atoms with van der Waals surface area (Å²) < 4.78 is 0. The summed E-state index contributed by atoms with van der Waals surface area (Å²) in [6.07, 6.45) is 1.02. The Kier molecular flexibility index (Phi) is 6.74. The van der Waals surface area contributed by atoms with Crippen molar-refractivity contribution in [3.8, 4) is 11.1 Å². The van der Waals surface area contributed by atoms with Crippen molar-refractivity contribution in [2.75, 3.05) is 0 Å². The number of hydrogen-bond acceptors (Lipinski definition) is 5. The summed E-state index contributed by atoms with van der Waals surface area (Å²) in [5.74, 6) is -3.20. The topological polar surface area (TPSA) is 137 Å². The van der Waals surface area contributed by atoms with Gasteiger partial charge in [-0.25, -0.2) is 9.59 Å². The molecule has 1 amide bonds. The molecule has 2 atom stereocenters. The van der Waals surface area contributed by atoms with Crippen LogP contribution in [-0.2, 0) is 11.2 Å². The quantitative estimate of drug-likeness (QED) is 0.439. The lowest BCUT2D eigenvalue weighted by molar-refractivity contribution is -0.148. The van der Waals surface area contributed by atoms with Crippen LogP contribution >= 0.6 is 0 Å². The zero-order valence-corrected chi connectivity index (χ0v) is 16.3. The molecule has 0 aliphatic carbocycles. The van der Waals surface area contributed by atoms with Crippen LogP contribution in [0, 0.1) is 0 Å². The number of carboxylic acid groups (broad SMARTS) is 2. The fraction of sp³-hybridized carbons (Fsp3) is 0.130. The number of aliphatic hydroxyl groups is 1. The van der Waals surface area contributed by atoms with E-state index in [0.29, 0.717) is 11.1 Å². The van der Waals surface area contributed by atoms with E-state index in [1.165, 1.54) is 24.5 Å². The average Bonchev–Trinajstić information content (AvgIpc) is 2.78. The molecule has 0 spiro atoms. The van der Waals surface area contributed by atoms with Gasteiger partial charge in [0.05, 0.1) is 17.2 Å². The lowest BCUT2D eigenvalue weighted by atomic mass is 9.99. The van der Waals surface area contributed by atoms with Crippen molar-refractivity contribution in [3.63, 3.8) is 0 Å². The molecule has 2 aromatic carbocycles. The van der Waals surface area contributed by atoms with Gasteiger partial charge in [0, 0.05) is 18.0 Å². The van der Waals surface area contributed by atoms with Crippen LogP contribution in [0.15, 0.2) is 73.1 Å². The van der Waals surface area contributed by atoms with E-state index in [0.717, 1.165) is 5.56 Å². The molecule has 0 saturated carbocycles. The molecule has 8 heteroatoms. The van der Waals surface area contributed by atoms with Crippen molar-refractivity contribution < 1.29 is 29.7 Å². The maximum atomic E-state index is 12.8. The van der Waals surface area contributed by atoms with Crippen molar-refractivity contribution in [2.45, 2.75) is 18.6 Å². The first kappa shape index (κ1) is 21.7. The van der Waals surface area contributed by atoms with E-state index < -0.39 is 30.0 Å². The number of aromatic nitrogens is 1. The summed E-state index contributed by atoms with van der Waals surface area (Å²) in [4.78, 5) is 39.6. The summed E-state index contributed by atoms with van der Waals surface area (Å²) in [5.41, 5.74) is 1.72. The maximum absolute atomic E-state index is 12.8. The van der Waals surface area contributed by atoms with Gasteiger partial charge in [-0.3, -0.25) is 9.78 Å². The van der Waals surface area contributed by atoms with Crippen LogP contribution in [0.1, 0.15) is 26.3 Å². The predicted molar refractivity (Wildman–Crippen MR) is 112 cm³/mol.